The van der Waals surface area contributed by atoms with Crippen molar-refractivity contribution in [2.45, 2.75) is 13.8 Å². The molecule has 0 atom stereocenters. The predicted molar refractivity (Wildman–Crippen MR) is 116 cm³/mol. The normalized spacial score (nSPS) is 11.1. The molecular formula is C22H22N4O6. The Hall–Kier alpha value is -4.34. The van der Waals surface area contributed by atoms with Crippen LogP contribution < -0.4 is 20.3 Å². The number of carbonyl (C=O) groups is 2. The standard InChI is InChI=1S/C22H22N4O6/c1-15-3-5-19(31-15)11-23-25-21(27)13-29-17-7-9-18(10-8-17)30-14-22(28)26-24-12-20-6-4-16(2)32-20/h3-12H,13-14H2,1-2H3,(H,25,27)(H,26,28). The molecule has 166 valence electrons. The maximum Gasteiger partial charge on any atom is 0.277 e. The molecule has 0 aliphatic heterocycles. The van der Waals surface area contributed by atoms with Gasteiger partial charge in [0.25, 0.3) is 11.8 Å². The molecule has 0 bridgehead atoms. The summed E-state index contributed by atoms with van der Waals surface area (Å²) in [6.07, 6.45) is 2.80. The number of rotatable bonds is 10. The Morgan fingerprint density at radius 2 is 1.16 bits per heavy atom. The summed E-state index contributed by atoms with van der Waals surface area (Å²) in [5.41, 5.74) is 4.68. The zero-order chi connectivity index (χ0) is 22.8. The van der Waals surface area contributed by atoms with Gasteiger partial charge in [0, 0.05) is 0 Å². The van der Waals surface area contributed by atoms with Crippen LogP contribution in [0.25, 0.3) is 0 Å². The highest BCUT2D eigenvalue weighted by molar-refractivity contribution is 5.81. The summed E-state index contributed by atoms with van der Waals surface area (Å²) >= 11 is 0. The quantitative estimate of drug-likeness (QED) is 0.370. The maximum atomic E-state index is 11.8. The van der Waals surface area contributed by atoms with Crippen molar-refractivity contribution >= 4 is 24.2 Å². The number of hydrogen-bond donors (Lipinski definition) is 2. The van der Waals surface area contributed by atoms with Gasteiger partial charge in [-0.2, -0.15) is 10.2 Å². The van der Waals surface area contributed by atoms with Gasteiger partial charge < -0.3 is 18.3 Å². The van der Waals surface area contributed by atoms with Crippen molar-refractivity contribution in [3.8, 4) is 11.5 Å². The first-order valence-electron chi connectivity index (χ1n) is 9.60. The van der Waals surface area contributed by atoms with Crippen molar-refractivity contribution in [3.05, 3.63) is 71.6 Å². The summed E-state index contributed by atoms with van der Waals surface area (Å²) in [6, 6.07) is 13.5. The third-order valence-electron chi connectivity index (χ3n) is 3.85. The Kier molecular flexibility index (Phi) is 7.79. The lowest BCUT2D eigenvalue weighted by atomic mass is 10.3. The third-order valence-corrected chi connectivity index (χ3v) is 3.85. The molecule has 0 saturated heterocycles. The van der Waals surface area contributed by atoms with Crippen LogP contribution in [-0.4, -0.2) is 37.5 Å². The number of nitrogens with zero attached hydrogens (tertiary/aromatic N) is 2. The number of furan rings is 2. The Morgan fingerprint density at radius 3 is 1.50 bits per heavy atom. The van der Waals surface area contributed by atoms with E-state index in [1.807, 2.05) is 13.8 Å². The molecule has 0 aliphatic rings. The van der Waals surface area contributed by atoms with Crippen LogP contribution in [0.15, 0.2) is 67.6 Å². The number of ether oxygens (including phenoxy) is 2. The highest BCUT2D eigenvalue weighted by atomic mass is 16.5. The van der Waals surface area contributed by atoms with E-state index in [0.29, 0.717) is 23.0 Å². The van der Waals surface area contributed by atoms with Gasteiger partial charge in [-0.25, -0.2) is 10.9 Å². The number of aryl methyl sites for hydroxylation is 2. The zero-order valence-corrected chi connectivity index (χ0v) is 17.5. The first kappa shape index (κ1) is 22.3. The summed E-state index contributed by atoms with van der Waals surface area (Å²) in [5.74, 6) is 2.64. The molecule has 1 aromatic carbocycles. The number of hydrogen-bond acceptors (Lipinski definition) is 8. The lowest BCUT2D eigenvalue weighted by molar-refractivity contribution is -0.123. The lowest BCUT2D eigenvalue weighted by Crippen LogP contribution is -2.25. The second-order valence-corrected chi connectivity index (χ2v) is 6.53. The second-order valence-electron chi connectivity index (χ2n) is 6.53. The minimum absolute atomic E-state index is 0.218. The Labute approximate surface area is 183 Å². The van der Waals surface area contributed by atoms with E-state index in [2.05, 4.69) is 21.1 Å². The monoisotopic (exact) mass is 438 g/mol. The van der Waals surface area contributed by atoms with E-state index in [-0.39, 0.29) is 13.2 Å². The van der Waals surface area contributed by atoms with Crippen LogP contribution in [0, 0.1) is 13.8 Å². The van der Waals surface area contributed by atoms with Gasteiger partial charge in [0.1, 0.15) is 34.5 Å². The Balaban J connectivity index is 1.34. The summed E-state index contributed by atoms with van der Waals surface area (Å²) in [7, 11) is 0. The van der Waals surface area contributed by atoms with E-state index in [4.69, 9.17) is 18.3 Å². The molecule has 0 aliphatic carbocycles. The minimum atomic E-state index is -0.424. The summed E-state index contributed by atoms with van der Waals surface area (Å²) in [6.45, 7) is 3.19. The van der Waals surface area contributed by atoms with Crippen LogP contribution in [0.4, 0.5) is 0 Å². The molecule has 0 saturated carbocycles. The number of benzene rings is 1. The smallest absolute Gasteiger partial charge is 0.277 e. The molecule has 2 N–H and O–H groups in total. The predicted octanol–water partition coefficient (Wildman–Crippen LogP) is 2.55. The second kappa shape index (κ2) is 11.2. The molecular weight excluding hydrogens is 416 g/mol. The maximum absolute atomic E-state index is 11.8. The van der Waals surface area contributed by atoms with E-state index in [0.717, 1.165) is 11.5 Å². The van der Waals surface area contributed by atoms with Crippen molar-refractivity contribution in [3.63, 3.8) is 0 Å². The summed E-state index contributed by atoms with van der Waals surface area (Å²) in [5, 5.41) is 7.58. The van der Waals surface area contributed by atoms with E-state index in [9.17, 15) is 9.59 Å². The Bertz CT molecular complexity index is 1010. The van der Waals surface area contributed by atoms with Crippen molar-refractivity contribution in [2.24, 2.45) is 10.2 Å². The minimum Gasteiger partial charge on any atom is -0.484 e. The number of carbonyl (C=O) groups excluding carboxylic acids is 2. The largest absolute Gasteiger partial charge is 0.484 e. The molecule has 0 spiro atoms. The third kappa shape index (κ3) is 7.48. The highest BCUT2D eigenvalue weighted by Crippen LogP contribution is 2.17. The van der Waals surface area contributed by atoms with E-state index >= 15 is 0 Å². The fraction of sp³-hybridized carbons (Fsp3) is 0.182. The van der Waals surface area contributed by atoms with Crippen molar-refractivity contribution < 1.29 is 27.9 Å². The fourth-order valence-corrected chi connectivity index (χ4v) is 2.38. The van der Waals surface area contributed by atoms with Crippen LogP contribution in [0.3, 0.4) is 0 Å². The average molecular weight is 438 g/mol. The molecule has 2 heterocycles. The number of hydrazone groups is 2. The van der Waals surface area contributed by atoms with Gasteiger partial charge in [-0.1, -0.05) is 0 Å². The van der Waals surface area contributed by atoms with Gasteiger partial charge in [-0.05, 0) is 62.4 Å². The number of nitrogens with one attached hydrogen (secondary N) is 2. The van der Waals surface area contributed by atoms with Crippen LogP contribution in [0.1, 0.15) is 23.0 Å². The van der Waals surface area contributed by atoms with Gasteiger partial charge in [-0.3, -0.25) is 9.59 Å². The SMILES string of the molecule is Cc1ccc(C=NNC(=O)COc2ccc(OCC(=O)NN=Cc3ccc(C)o3)cc2)o1. The first-order chi connectivity index (χ1) is 15.5. The van der Waals surface area contributed by atoms with Crippen LogP contribution >= 0.6 is 0 Å². The van der Waals surface area contributed by atoms with Gasteiger partial charge in [0.05, 0.1) is 12.4 Å². The molecule has 3 rings (SSSR count). The van der Waals surface area contributed by atoms with E-state index in [1.54, 1.807) is 48.5 Å². The fourth-order valence-electron chi connectivity index (χ4n) is 2.38. The van der Waals surface area contributed by atoms with Gasteiger partial charge >= 0.3 is 0 Å². The molecule has 10 nitrogen and oxygen atoms in total. The van der Waals surface area contributed by atoms with E-state index < -0.39 is 11.8 Å². The summed E-state index contributed by atoms with van der Waals surface area (Å²) in [4.78, 5) is 23.5. The Morgan fingerprint density at radius 1 is 0.750 bits per heavy atom. The topological polar surface area (TPSA) is 128 Å². The van der Waals surface area contributed by atoms with Crippen molar-refractivity contribution in [1.29, 1.82) is 0 Å². The van der Waals surface area contributed by atoms with Crippen LogP contribution in [0.2, 0.25) is 0 Å². The van der Waals surface area contributed by atoms with Crippen molar-refractivity contribution in [2.75, 3.05) is 13.2 Å². The molecule has 0 radical (unpaired) electrons. The molecule has 2 aromatic heterocycles. The van der Waals surface area contributed by atoms with Crippen molar-refractivity contribution in [1.82, 2.24) is 10.9 Å². The first-order valence-corrected chi connectivity index (χ1v) is 9.60. The zero-order valence-electron chi connectivity index (χ0n) is 17.5. The molecule has 3 aromatic rings. The highest BCUT2D eigenvalue weighted by Gasteiger charge is 2.04. The molecule has 0 unspecified atom stereocenters. The van der Waals surface area contributed by atoms with Crippen LogP contribution in [0.5, 0.6) is 11.5 Å². The lowest BCUT2D eigenvalue weighted by Gasteiger charge is -2.07. The average Bonchev–Trinajstić information content (AvgIpc) is 3.39. The van der Waals surface area contributed by atoms with E-state index in [1.165, 1.54) is 12.4 Å². The molecule has 0 fully saturated rings. The van der Waals surface area contributed by atoms with Gasteiger partial charge in [0.2, 0.25) is 0 Å². The van der Waals surface area contributed by atoms with Gasteiger partial charge in [0.15, 0.2) is 13.2 Å². The summed E-state index contributed by atoms with van der Waals surface area (Å²) < 4.78 is 21.4. The van der Waals surface area contributed by atoms with Crippen LogP contribution in [-0.2, 0) is 9.59 Å². The molecule has 2 amide bonds. The number of amides is 2. The molecule has 32 heavy (non-hydrogen) atoms. The molecule has 10 heteroatoms. The van der Waals surface area contributed by atoms with Gasteiger partial charge in [-0.15, -0.1) is 0 Å².